The first-order chi connectivity index (χ1) is 14.5. The first kappa shape index (κ1) is 21.7. The first-order valence-electron chi connectivity index (χ1n) is 10.6. The summed E-state index contributed by atoms with van der Waals surface area (Å²) in [6.07, 6.45) is 9.19. The van der Waals surface area contributed by atoms with E-state index in [1.807, 2.05) is 6.07 Å². The lowest BCUT2D eigenvalue weighted by Gasteiger charge is -2.41. The molecule has 2 aromatic rings. The fourth-order valence-electron chi connectivity index (χ4n) is 3.85. The van der Waals surface area contributed by atoms with Crippen molar-refractivity contribution in [2.45, 2.75) is 65.5 Å². The lowest BCUT2D eigenvalue weighted by atomic mass is 10.0. The summed E-state index contributed by atoms with van der Waals surface area (Å²) in [6, 6.07) is 2.23. The lowest BCUT2D eigenvalue weighted by molar-refractivity contribution is 0.400. The summed E-state index contributed by atoms with van der Waals surface area (Å²) in [5.74, 6) is 2.58. The van der Waals surface area contributed by atoms with Crippen LogP contribution in [0.3, 0.4) is 0 Å². The Morgan fingerprint density at radius 1 is 1.30 bits per heavy atom. The summed E-state index contributed by atoms with van der Waals surface area (Å²) in [7, 11) is 1.59. The molecule has 0 amide bonds. The molecule has 30 heavy (non-hydrogen) atoms. The zero-order chi connectivity index (χ0) is 21.7. The number of nitrogens with zero attached hydrogens (tertiary/aromatic N) is 6. The van der Waals surface area contributed by atoms with Gasteiger partial charge >= 0.3 is 0 Å². The van der Waals surface area contributed by atoms with Crippen molar-refractivity contribution in [3.63, 3.8) is 0 Å². The molecular formula is C22H31N7O. The second-order valence-electron chi connectivity index (χ2n) is 7.35. The van der Waals surface area contributed by atoms with Crippen LogP contribution in [0.25, 0.3) is 11.4 Å². The van der Waals surface area contributed by atoms with Crippen LogP contribution in [-0.4, -0.2) is 45.9 Å². The zero-order valence-electron chi connectivity index (χ0n) is 18.5. The number of nitrogens with two attached hydrogens (primary N) is 1. The summed E-state index contributed by atoms with van der Waals surface area (Å²) >= 11 is 0. The number of pyridine rings is 1. The Balaban J connectivity index is 2.15. The van der Waals surface area contributed by atoms with Crippen molar-refractivity contribution < 1.29 is 4.74 Å². The molecule has 0 bridgehead atoms. The van der Waals surface area contributed by atoms with E-state index in [-0.39, 0.29) is 6.04 Å². The van der Waals surface area contributed by atoms with E-state index in [0.717, 1.165) is 37.1 Å². The maximum atomic E-state index is 6.34. The number of aromatic nitrogens is 3. The molecule has 160 valence electrons. The van der Waals surface area contributed by atoms with E-state index in [1.54, 1.807) is 32.6 Å². The number of hydrogen-bond acceptors (Lipinski definition) is 8. The quantitative estimate of drug-likeness (QED) is 0.537. The third-order valence-corrected chi connectivity index (χ3v) is 5.41. The number of hydrogen-bond donors (Lipinski definition) is 1. The fraction of sp³-hybridized carbons (Fsp3) is 0.500. The normalized spacial score (nSPS) is 17.4. The van der Waals surface area contributed by atoms with Gasteiger partial charge in [-0.1, -0.05) is 27.2 Å². The van der Waals surface area contributed by atoms with Crippen LogP contribution in [0.5, 0.6) is 0 Å². The molecule has 2 N–H and O–H groups in total. The van der Waals surface area contributed by atoms with Gasteiger partial charge in [-0.2, -0.15) is 0 Å². The molecule has 1 aliphatic heterocycles. The summed E-state index contributed by atoms with van der Waals surface area (Å²) in [5.41, 5.74) is 8.51. The van der Waals surface area contributed by atoms with Crippen LogP contribution in [-0.2, 0) is 4.74 Å². The number of rotatable bonds is 7. The van der Waals surface area contributed by atoms with Crippen molar-refractivity contribution in [1.82, 2.24) is 15.0 Å². The highest BCUT2D eigenvalue weighted by Gasteiger charge is 2.33. The number of ether oxygens (including phenoxy) is 1. The number of amidine groups is 1. The SMILES string of the molecule is CCCC(CC)N1c2nc(-c3ccncc3N=C(C)OC)ncc2N=C(N)C1CC. The minimum Gasteiger partial charge on any atom is -0.484 e. The molecule has 1 aliphatic rings. The maximum Gasteiger partial charge on any atom is 0.184 e. The number of aliphatic imine (C=N–C) groups is 2. The standard InChI is InChI=1S/C22H31N7O/c1-6-9-15(7-2)29-19(8-3)20(23)27-18-13-25-21(28-22(18)29)16-10-11-24-12-17(16)26-14(4)30-5/h10-13,15,19H,6-9H2,1-5H3,(H2,23,27). The molecule has 0 aromatic carbocycles. The average molecular weight is 410 g/mol. The highest BCUT2D eigenvalue weighted by molar-refractivity contribution is 5.95. The van der Waals surface area contributed by atoms with Gasteiger partial charge in [0, 0.05) is 24.7 Å². The van der Waals surface area contributed by atoms with E-state index in [2.05, 4.69) is 45.6 Å². The highest BCUT2D eigenvalue weighted by atomic mass is 16.5. The minimum atomic E-state index is 0.0300. The second kappa shape index (κ2) is 9.65. The van der Waals surface area contributed by atoms with E-state index in [1.165, 1.54) is 0 Å². The van der Waals surface area contributed by atoms with Crippen LogP contribution in [0.1, 0.15) is 53.4 Å². The Hall–Kier alpha value is -3.03. The van der Waals surface area contributed by atoms with Crippen molar-refractivity contribution in [3.05, 3.63) is 24.7 Å². The average Bonchev–Trinajstić information content (AvgIpc) is 2.76. The molecule has 3 rings (SSSR count). The minimum absolute atomic E-state index is 0.0300. The van der Waals surface area contributed by atoms with Gasteiger partial charge in [-0.15, -0.1) is 0 Å². The number of anilines is 1. The van der Waals surface area contributed by atoms with Gasteiger partial charge in [-0.3, -0.25) is 4.98 Å². The molecular weight excluding hydrogens is 378 g/mol. The summed E-state index contributed by atoms with van der Waals surface area (Å²) in [4.78, 5) is 25.2. The van der Waals surface area contributed by atoms with Gasteiger partial charge in [0.05, 0.1) is 31.2 Å². The smallest absolute Gasteiger partial charge is 0.184 e. The van der Waals surface area contributed by atoms with Crippen molar-refractivity contribution in [1.29, 1.82) is 0 Å². The van der Waals surface area contributed by atoms with Crippen LogP contribution in [0, 0.1) is 0 Å². The summed E-state index contributed by atoms with van der Waals surface area (Å²) in [5, 5.41) is 0. The van der Waals surface area contributed by atoms with Crippen LogP contribution >= 0.6 is 0 Å². The van der Waals surface area contributed by atoms with Crippen LogP contribution in [0.4, 0.5) is 17.2 Å². The van der Waals surface area contributed by atoms with Crippen molar-refractivity contribution in [2.24, 2.45) is 15.7 Å². The Morgan fingerprint density at radius 3 is 2.77 bits per heavy atom. The monoisotopic (exact) mass is 409 g/mol. The van der Waals surface area contributed by atoms with E-state index in [0.29, 0.717) is 35.0 Å². The number of fused-ring (bicyclic) bond motifs is 1. The molecule has 8 heteroatoms. The first-order valence-corrected chi connectivity index (χ1v) is 10.6. The molecule has 2 atom stereocenters. The van der Waals surface area contributed by atoms with Gasteiger partial charge in [0.1, 0.15) is 11.5 Å². The summed E-state index contributed by atoms with van der Waals surface area (Å²) in [6.45, 7) is 8.35. The molecule has 8 nitrogen and oxygen atoms in total. The van der Waals surface area contributed by atoms with Crippen LogP contribution in [0.2, 0.25) is 0 Å². The third kappa shape index (κ3) is 4.27. The fourth-order valence-corrected chi connectivity index (χ4v) is 3.85. The molecule has 0 aliphatic carbocycles. The largest absolute Gasteiger partial charge is 0.484 e. The second-order valence-corrected chi connectivity index (χ2v) is 7.35. The van der Waals surface area contributed by atoms with Crippen molar-refractivity contribution >= 4 is 28.9 Å². The maximum absolute atomic E-state index is 6.34. The molecule has 2 unspecified atom stereocenters. The van der Waals surface area contributed by atoms with Crippen molar-refractivity contribution in [3.8, 4) is 11.4 Å². The lowest BCUT2D eigenvalue weighted by Crippen LogP contribution is -2.52. The Labute approximate surface area is 178 Å². The number of methoxy groups -OCH3 is 1. The van der Waals surface area contributed by atoms with Crippen LogP contribution < -0.4 is 10.6 Å². The Bertz CT molecular complexity index is 941. The molecule has 0 spiro atoms. The van der Waals surface area contributed by atoms with Crippen molar-refractivity contribution in [2.75, 3.05) is 12.0 Å². The highest BCUT2D eigenvalue weighted by Crippen LogP contribution is 2.38. The van der Waals surface area contributed by atoms with Gasteiger partial charge in [0.25, 0.3) is 0 Å². The summed E-state index contributed by atoms with van der Waals surface area (Å²) < 4.78 is 5.21. The Kier molecular flexibility index (Phi) is 6.97. The van der Waals surface area contributed by atoms with Gasteiger partial charge in [-0.05, 0) is 25.3 Å². The molecule has 0 radical (unpaired) electrons. The van der Waals surface area contributed by atoms with Gasteiger partial charge in [0.2, 0.25) is 0 Å². The molecule has 0 saturated heterocycles. The molecule has 0 fully saturated rings. The van der Waals surface area contributed by atoms with E-state index in [9.17, 15) is 0 Å². The third-order valence-electron chi connectivity index (χ3n) is 5.41. The van der Waals surface area contributed by atoms with E-state index < -0.39 is 0 Å². The zero-order valence-corrected chi connectivity index (χ0v) is 18.5. The van der Waals surface area contributed by atoms with Gasteiger partial charge < -0.3 is 15.4 Å². The molecule has 2 aromatic heterocycles. The molecule has 3 heterocycles. The van der Waals surface area contributed by atoms with Gasteiger partial charge in [0.15, 0.2) is 17.5 Å². The van der Waals surface area contributed by atoms with Gasteiger partial charge in [-0.25, -0.2) is 20.0 Å². The molecule has 0 saturated carbocycles. The predicted octanol–water partition coefficient (Wildman–Crippen LogP) is 4.40. The predicted molar refractivity (Wildman–Crippen MR) is 122 cm³/mol. The topological polar surface area (TPSA) is 102 Å². The Morgan fingerprint density at radius 2 is 2.10 bits per heavy atom. The van der Waals surface area contributed by atoms with E-state index in [4.69, 9.17) is 15.5 Å². The van der Waals surface area contributed by atoms with Crippen LogP contribution in [0.15, 0.2) is 34.6 Å². The van der Waals surface area contributed by atoms with E-state index >= 15 is 0 Å².